The molecule has 0 amide bonds. The van der Waals surface area contributed by atoms with Crippen LogP contribution < -0.4 is 10.6 Å². The van der Waals surface area contributed by atoms with Crippen molar-refractivity contribution in [1.82, 2.24) is 10.6 Å². The Morgan fingerprint density at radius 2 is 1.17 bits per heavy atom. The van der Waals surface area contributed by atoms with Crippen molar-refractivity contribution >= 4 is 0 Å². The second kappa shape index (κ2) is 39.1. The molecule has 0 radical (unpaired) electrons. The first-order valence-corrected chi connectivity index (χ1v) is 24.3. The number of unbranched alkanes of at least 4 members (excludes halogenated alkanes) is 8. The molecule has 3 aliphatic rings. The molecule has 0 saturated heterocycles. The maximum atomic E-state index is 9.92. The van der Waals surface area contributed by atoms with Crippen LogP contribution in [0.15, 0.2) is 0 Å². The van der Waals surface area contributed by atoms with Crippen LogP contribution in [0, 0.1) is 40.9 Å². The smallest absolute Gasteiger partial charge is 0.104 e. The Bertz CT molecular complexity index is 668. The zero-order valence-electron chi connectivity index (χ0n) is 39.2. The molecule has 3 heteroatoms. The number of hydrogen-bond acceptors (Lipinski definition) is 3. The maximum Gasteiger partial charge on any atom is 0.104 e. The minimum absolute atomic E-state index is 0.329. The zero-order valence-corrected chi connectivity index (χ0v) is 39.2. The Morgan fingerprint density at radius 1 is 0.654 bits per heavy atom. The summed E-state index contributed by atoms with van der Waals surface area (Å²) < 4.78 is 0. The Morgan fingerprint density at radius 3 is 1.65 bits per heavy atom. The van der Waals surface area contributed by atoms with Crippen molar-refractivity contribution < 1.29 is 5.11 Å². The highest BCUT2D eigenvalue weighted by Gasteiger charge is 2.52. The van der Waals surface area contributed by atoms with Crippen molar-refractivity contribution in [2.75, 3.05) is 13.6 Å². The third-order valence-corrected chi connectivity index (χ3v) is 12.6. The lowest BCUT2D eigenvalue weighted by molar-refractivity contribution is -0.0648. The summed E-state index contributed by atoms with van der Waals surface area (Å²) in [6, 6.07) is 0.780. The Balaban J connectivity index is -0.00000105. The van der Waals surface area contributed by atoms with E-state index in [0.717, 1.165) is 54.4 Å². The highest BCUT2D eigenvalue weighted by molar-refractivity contribution is 5.03. The van der Waals surface area contributed by atoms with Crippen LogP contribution in [-0.4, -0.2) is 31.0 Å². The molecular formula is C49H106N2O. The Labute approximate surface area is 332 Å². The maximum absolute atomic E-state index is 9.92. The lowest BCUT2D eigenvalue weighted by Crippen LogP contribution is -2.51. The van der Waals surface area contributed by atoms with E-state index in [-0.39, 0.29) is 6.23 Å². The van der Waals surface area contributed by atoms with Crippen LogP contribution in [0.2, 0.25) is 0 Å². The molecule has 0 spiro atoms. The second-order valence-electron chi connectivity index (χ2n) is 16.8. The van der Waals surface area contributed by atoms with Gasteiger partial charge in [0.15, 0.2) is 0 Å². The van der Waals surface area contributed by atoms with Gasteiger partial charge in [-0.05, 0) is 132 Å². The Kier molecular flexibility index (Phi) is 42.3. The molecule has 3 aliphatic carbocycles. The van der Waals surface area contributed by atoms with Crippen molar-refractivity contribution in [3.8, 4) is 0 Å². The van der Waals surface area contributed by atoms with Crippen LogP contribution in [-0.2, 0) is 0 Å². The summed E-state index contributed by atoms with van der Waals surface area (Å²) in [6.45, 7) is 32.3. The third-order valence-electron chi connectivity index (χ3n) is 12.6. The fraction of sp³-hybridized carbons (Fsp3) is 1.00. The van der Waals surface area contributed by atoms with Gasteiger partial charge in [-0.3, -0.25) is 5.32 Å². The molecule has 0 aliphatic heterocycles. The minimum Gasteiger partial charge on any atom is -0.379 e. The van der Waals surface area contributed by atoms with E-state index in [9.17, 15) is 5.11 Å². The predicted molar refractivity (Wildman–Crippen MR) is 240 cm³/mol. The fourth-order valence-corrected chi connectivity index (χ4v) is 9.40. The van der Waals surface area contributed by atoms with E-state index in [1.54, 1.807) is 0 Å². The van der Waals surface area contributed by atoms with E-state index in [0.29, 0.717) is 5.41 Å². The molecule has 3 N–H and O–H groups in total. The summed E-state index contributed by atoms with van der Waals surface area (Å²) in [5.74, 6) is 5.48. The van der Waals surface area contributed by atoms with Crippen molar-refractivity contribution in [3.63, 3.8) is 0 Å². The van der Waals surface area contributed by atoms with Gasteiger partial charge < -0.3 is 10.4 Å². The molecule has 0 bridgehead atoms. The highest BCUT2D eigenvalue weighted by atomic mass is 16.3. The monoisotopic (exact) mass is 739 g/mol. The van der Waals surface area contributed by atoms with Gasteiger partial charge in [0.1, 0.15) is 6.23 Å². The molecule has 3 rings (SSSR count). The number of rotatable bonds is 19. The molecule has 3 fully saturated rings. The van der Waals surface area contributed by atoms with Crippen molar-refractivity contribution in [2.45, 2.75) is 263 Å². The summed E-state index contributed by atoms with van der Waals surface area (Å²) in [5, 5.41) is 16.8. The van der Waals surface area contributed by atoms with E-state index < -0.39 is 0 Å². The molecule has 3 saturated carbocycles. The van der Waals surface area contributed by atoms with Crippen LogP contribution in [0.4, 0.5) is 0 Å². The molecule has 3 nitrogen and oxygen atoms in total. The van der Waals surface area contributed by atoms with Crippen molar-refractivity contribution in [3.05, 3.63) is 0 Å². The van der Waals surface area contributed by atoms with Crippen LogP contribution in [0.3, 0.4) is 0 Å². The van der Waals surface area contributed by atoms with E-state index in [4.69, 9.17) is 0 Å². The highest BCUT2D eigenvalue weighted by Crippen LogP contribution is 2.60. The van der Waals surface area contributed by atoms with Gasteiger partial charge in [-0.1, -0.05) is 174 Å². The molecule has 0 aromatic carbocycles. The van der Waals surface area contributed by atoms with E-state index in [2.05, 4.69) is 79.9 Å². The van der Waals surface area contributed by atoms with Gasteiger partial charge in [0, 0.05) is 6.04 Å². The van der Waals surface area contributed by atoms with Gasteiger partial charge in [0.2, 0.25) is 0 Å². The molecule has 0 aromatic rings. The normalized spacial score (nSPS) is 27.2. The largest absolute Gasteiger partial charge is 0.379 e. The summed E-state index contributed by atoms with van der Waals surface area (Å²) >= 11 is 0. The van der Waals surface area contributed by atoms with Crippen LogP contribution in [0.5, 0.6) is 0 Å². The average molecular weight is 739 g/mol. The number of fused-ring (bicyclic) bond motifs is 1. The number of aliphatic hydroxyl groups is 1. The SMILES string of the molecule is CC.CC.CCC.CCCCCC.CCCCCC.CCCCNC1CCC2(C)C(CCCC)C(C3CCC(C(C)CCC(O)NC)C3)CC[C@H]2C1. The van der Waals surface area contributed by atoms with Gasteiger partial charge in [-0.25, -0.2) is 0 Å². The lowest BCUT2D eigenvalue weighted by Gasteiger charge is -2.57. The van der Waals surface area contributed by atoms with Gasteiger partial charge in [-0.2, -0.15) is 0 Å². The van der Waals surface area contributed by atoms with Crippen LogP contribution in [0.1, 0.15) is 251 Å². The van der Waals surface area contributed by atoms with Gasteiger partial charge in [0.25, 0.3) is 0 Å². The third kappa shape index (κ3) is 24.4. The van der Waals surface area contributed by atoms with E-state index >= 15 is 0 Å². The first-order chi connectivity index (χ1) is 25.2. The lowest BCUT2D eigenvalue weighted by atomic mass is 9.49. The molecular weight excluding hydrogens is 633 g/mol. The number of nitrogens with one attached hydrogen (secondary N) is 2. The summed E-state index contributed by atoms with van der Waals surface area (Å²) in [4.78, 5) is 0. The standard InChI is InChI=1S/C30H58N2O.2C6H14.C3H8.2C2H6/c1-6-8-10-28-27(24-13-12-23(20-24)22(3)11-16-29(33)31-5)15-14-25-21-26(32-19-9-7-2)17-18-30(25,28)4;2*1-3-5-6-4-2;1-3-2;2*1-2/h22-29,31-33H,6-21H2,1-5H3;2*3-6H2,1-2H3;3H2,1-2H3;2*1-2H3/t22?,23?,24?,25-,26?,27?,28?,29?,30?;;;;;/m0...../s1. The number of hydrogen-bond donors (Lipinski definition) is 3. The number of aliphatic hydroxyl groups excluding tert-OH is 1. The molecule has 0 heterocycles. The molecule has 8 unspecified atom stereocenters. The fourth-order valence-electron chi connectivity index (χ4n) is 9.40. The molecule has 0 aromatic heterocycles. The van der Waals surface area contributed by atoms with Gasteiger partial charge >= 0.3 is 0 Å². The van der Waals surface area contributed by atoms with Gasteiger partial charge in [0.05, 0.1) is 0 Å². The second-order valence-corrected chi connectivity index (χ2v) is 16.8. The average Bonchev–Trinajstić information content (AvgIpc) is 3.67. The zero-order chi connectivity index (χ0) is 40.2. The van der Waals surface area contributed by atoms with Crippen LogP contribution in [0.25, 0.3) is 0 Å². The van der Waals surface area contributed by atoms with Crippen molar-refractivity contribution in [2.24, 2.45) is 40.9 Å². The molecule has 52 heavy (non-hydrogen) atoms. The van der Waals surface area contributed by atoms with E-state index in [1.807, 2.05) is 34.7 Å². The minimum atomic E-state index is -0.329. The summed E-state index contributed by atoms with van der Waals surface area (Å²) in [5.41, 5.74) is 0.585. The predicted octanol–water partition coefficient (Wildman–Crippen LogP) is 15.8. The van der Waals surface area contributed by atoms with Crippen molar-refractivity contribution in [1.29, 1.82) is 0 Å². The van der Waals surface area contributed by atoms with Crippen LogP contribution >= 0.6 is 0 Å². The topological polar surface area (TPSA) is 44.3 Å². The van der Waals surface area contributed by atoms with Gasteiger partial charge in [-0.15, -0.1) is 0 Å². The summed E-state index contributed by atoms with van der Waals surface area (Å²) in [6.07, 6.45) is 32.6. The first-order valence-electron chi connectivity index (χ1n) is 24.3. The quantitative estimate of drug-likeness (QED) is 0.0913. The first kappa shape index (κ1) is 56.2. The summed E-state index contributed by atoms with van der Waals surface area (Å²) in [7, 11) is 1.86. The molecule has 318 valence electrons. The van der Waals surface area contributed by atoms with E-state index in [1.165, 1.54) is 148 Å². The Hall–Kier alpha value is -0.120. The molecule has 9 atom stereocenters.